The van der Waals surface area contributed by atoms with Gasteiger partial charge in [0, 0.05) is 11.6 Å². The van der Waals surface area contributed by atoms with Crippen LogP contribution in [0, 0.1) is 5.82 Å². The van der Waals surface area contributed by atoms with Crippen molar-refractivity contribution in [2.24, 2.45) is 0 Å². The summed E-state index contributed by atoms with van der Waals surface area (Å²) < 4.78 is 13.2. The lowest BCUT2D eigenvalue weighted by Gasteiger charge is -2.05. The van der Waals surface area contributed by atoms with E-state index in [0.717, 1.165) is 4.88 Å². The number of thiazole rings is 1. The van der Waals surface area contributed by atoms with Crippen molar-refractivity contribution < 1.29 is 14.3 Å². The van der Waals surface area contributed by atoms with E-state index in [0.29, 0.717) is 16.6 Å². The molecular weight excluding hydrogens is 267 g/mol. The van der Waals surface area contributed by atoms with E-state index >= 15 is 0 Å². The molecule has 94 valence electrons. The first kappa shape index (κ1) is 11.7. The van der Waals surface area contributed by atoms with Gasteiger partial charge in [0.1, 0.15) is 5.82 Å². The zero-order chi connectivity index (χ0) is 13.4. The topological polar surface area (TPSA) is 63.1 Å². The van der Waals surface area contributed by atoms with Crippen molar-refractivity contribution >= 4 is 28.2 Å². The van der Waals surface area contributed by atoms with Gasteiger partial charge in [0.25, 0.3) is 0 Å². The van der Waals surface area contributed by atoms with Gasteiger partial charge in [-0.2, -0.15) is 0 Å². The number of aromatic nitrogens is 2. The monoisotopic (exact) mass is 274 g/mol. The van der Waals surface area contributed by atoms with Crippen LogP contribution >= 0.6 is 11.3 Å². The Hall–Kier alpha value is -2.34. The van der Waals surface area contributed by atoms with Crippen molar-refractivity contribution in [1.82, 2.24) is 9.97 Å². The number of carboxylic acid groups (broad SMARTS) is 1. The molecule has 0 radical (unpaired) electrons. The zero-order valence-corrected chi connectivity index (χ0v) is 10.3. The summed E-state index contributed by atoms with van der Waals surface area (Å²) in [4.78, 5) is 20.3. The van der Waals surface area contributed by atoms with E-state index in [4.69, 9.17) is 0 Å². The van der Waals surface area contributed by atoms with Gasteiger partial charge in [-0.25, -0.2) is 14.2 Å². The number of hydrogen-bond acceptors (Lipinski definition) is 4. The minimum Gasteiger partial charge on any atom is -0.478 e. The van der Waals surface area contributed by atoms with Crippen LogP contribution in [0.3, 0.4) is 0 Å². The predicted octanol–water partition coefficient (Wildman–Crippen LogP) is 3.20. The first-order chi connectivity index (χ1) is 9.15. The molecule has 3 rings (SSSR count). The van der Waals surface area contributed by atoms with Crippen LogP contribution in [-0.4, -0.2) is 21.0 Å². The second kappa shape index (κ2) is 4.40. The highest BCUT2D eigenvalue weighted by Gasteiger charge is 2.14. The van der Waals surface area contributed by atoms with Crippen molar-refractivity contribution in [3.8, 4) is 10.6 Å². The number of hydrogen-bond donors (Lipinski definition) is 1. The van der Waals surface area contributed by atoms with Crippen LogP contribution in [0.4, 0.5) is 4.39 Å². The third-order valence-electron chi connectivity index (χ3n) is 2.69. The zero-order valence-electron chi connectivity index (χ0n) is 9.50. The van der Waals surface area contributed by atoms with Gasteiger partial charge in [0.15, 0.2) is 0 Å². The second-order valence-corrected chi connectivity index (χ2v) is 4.77. The maximum absolute atomic E-state index is 13.2. The van der Waals surface area contributed by atoms with Gasteiger partial charge in [0.2, 0.25) is 0 Å². The number of rotatable bonds is 2. The fourth-order valence-corrected chi connectivity index (χ4v) is 2.43. The summed E-state index contributed by atoms with van der Waals surface area (Å²) in [5.74, 6) is -1.59. The third-order valence-corrected chi connectivity index (χ3v) is 3.48. The second-order valence-electron chi connectivity index (χ2n) is 3.89. The van der Waals surface area contributed by atoms with Crippen molar-refractivity contribution in [1.29, 1.82) is 0 Å². The van der Waals surface area contributed by atoms with Crippen molar-refractivity contribution in [3.05, 3.63) is 47.4 Å². The van der Waals surface area contributed by atoms with E-state index in [1.165, 1.54) is 35.6 Å². The quantitative estimate of drug-likeness (QED) is 0.779. The van der Waals surface area contributed by atoms with Gasteiger partial charge in [0.05, 0.1) is 27.2 Å². The molecule has 0 fully saturated rings. The number of pyridine rings is 1. The molecule has 1 N–H and O–H groups in total. The van der Waals surface area contributed by atoms with Crippen molar-refractivity contribution in [3.63, 3.8) is 0 Å². The lowest BCUT2D eigenvalue weighted by atomic mass is 10.1. The Bertz CT molecular complexity index is 772. The SMILES string of the molecule is O=C(O)c1cc(-c2cncs2)nc2ccc(F)cc12. The highest BCUT2D eigenvalue weighted by Crippen LogP contribution is 2.27. The standard InChI is InChI=1S/C13H7FN2O2S/c14-7-1-2-10-8(3-7)9(13(17)18)4-11(16-10)12-5-15-6-19-12/h1-6H,(H,17,18). The Morgan fingerprint density at radius 3 is 2.84 bits per heavy atom. The van der Waals surface area contributed by atoms with E-state index < -0.39 is 11.8 Å². The smallest absolute Gasteiger partial charge is 0.336 e. The molecule has 0 aliphatic heterocycles. The van der Waals surface area contributed by atoms with Crippen LogP contribution in [0.15, 0.2) is 36.0 Å². The van der Waals surface area contributed by atoms with Crippen LogP contribution in [0.25, 0.3) is 21.5 Å². The normalized spacial score (nSPS) is 10.8. The number of halogens is 1. The summed E-state index contributed by atoms with van der Waals surface area (Å²) >= 11 is 1.37. The lowest BCUT2D eigenvalue weighted by Crippen LogP contribution is -2.00. The summed E-state index contributed by atoms with van der Waals surface area (Å²) in [7, 11) is 0. The summed E-state index contributed by atoms with van der Waals surface area (Å²) in [6.45, 7) is 0. The van der Waals surface area contributed by atoms with Crippen molar-refractivity contribution in [2.45, 2.75) is 0 Å². The third kappa shape index (κ3) is 2.06. The molecule has 2 heterocycles. The molecule has 4 nitrogen and oxygen atoms in total. The minimum absolute atomic E-state index is 0.0351. The number of benzene rings is 1. The Kier molecular flexibility index (Phi) is 2.72. The van der Waals surface area contributed by atoms with Gasteiger partial charge >= 0.3 is 5.97 Å². The van der Waals surface area contributed by atoms with E-state index in [-0.39, 0.29) is 5.56 Å². The van der Waals surface area contributed by atoms with Gasteiger partial charge in [-0.3, -0.25) is 4.98 Å². The van der Waals surface area contributed by atoms with E-state index in [1.54, 1.807) is 11.7 Å². The van der Waals surface area contributed by atoms with Gasteiger partial charge in [-0.15, -0.1) is 11.3 Å². The maximum Gasteiger partial charge on any atom is 0.336 e. The van der Waals surface area contributed by atoms with Crippen LogP contribution in [-0.2, 0) is 0 Å². The molecule has 0 atom stereocenters. The predicted molar refractivity (Wildman–Crippen MR) is 69.8 cm³/mol. The van der Waals surface area contributed by atoms with Crippen LogP contribution in [0.1, 0.15) is 10.4 Å². The molecule has 6 heteroatoms. The molecule has 0 saturated carbocycles. The first-order valence-electron chi connectivity index (χ1n) is 5.37. The van der Waals surface area contributed by atoms with Crippen LogP contribution in [0.2, 0.25) is 0 Å². The Labute approximate surface area is 111 Å². The van der Waals surface area contributed by atoms with E-state index in [9.17, 15) is 14.3 Å². The number of fused-ring (bicyclic) bond motifs is 1. The average molecular weight is 274 g/mol. The molecule has 0 saturated heterocycles. The fraction of sp³-hybridized carbons (Fsp3) is 0. The summed E-state index contributed by atoms with van der Waals surface area (Å²) in [5.41, 5.74) is 2.66. The molecule has 2 aromatic heterocycles. The summed E-state index contributed by atoms with van der Waals surface area (Å²) in [6, 6.07) is 5.36. The molecule has 0 unspecified atom stereocenters. The molecule has 0 spiro atoms. The lowest BCUT2D eigenvalue weighted by molar-refractivity contribution is 0.0699. The molecule has 0 amide bonds. The first-order valence-corrected chi connectivity index (χ1v) is 6.25. The fourth-order valence-electron chi connectivity index (χ4n) is 1.84. The van der Waals surface area contributed by atoms with E-state index in [1.807, 2.05) is 0 Å². The molecule has 3 aromatic rings. The highest BCUT2D eigenvalue weighted by molar-refractivity contribution is 7.13. The summed E-state index contributed by atoms with van der Waals surface area (Å²) in [5, 5.41) is 9.53. The Morgan fingerprint density at radius 2 is 2.16 bits per heavy atom. The minimum atomic E-state index is -1.11. The molecule has 0 aliphatic rings. The molecular formula is C13H7FN2O2S. The summed E-state index contributed by atoms with van der Waals surface area (Å²) in [6.07, 6.45) is 1.62. The maximum atomic E-state index is 13.2. The molecule has 1 aromatic carbocycles. The van der Waals surface area contributed by atoms with Gasteiger partial charge in [-0.1, -0.05) is 0 Å². The largest absolute Gasteiger partial charge is 0.478 e. The van der Waals surface area contributed by atoms with E-state index in [2.05, 4.69) is 9.97 Å². The average Bonchev–Trinajstić information content (AvgIpc) is 2.91. The molecule has 19 heavy (non-hydrogen) atoms. The number of nitrogens with zero attached hydrogens (tertiary/aromatic N) is 2. The number of carbonyl (C=O) groups is 1. The molecule has 0 aliphatic carbocycles. The molecule has 0 bridgehead atoms. The van der Waals surface area contributed by atoms with Gasteiger partial charge in [-0.05, 0) is 24.3 Å². The van der Waals surface area contributed by atoms with Crippen molar-refractivity contribution in [2.75, 3.05) is 0 Å². The van der Waals surface area contributed by atoms with Gasteiger partial charge < -0.3 is 5.11 Å². The Morgan fingerprint density at radius 1 is 1.32 bits per heavy atom. The van der Waals surface area contributed by atoms with Crippen LogP contribution in [0.5, 0.6) is 0 Å². The van der Waals surface area contributed by atoms with Crippen LogP contribution < -0.4 is 0 Å². The Balaban J connectivity index is 2.34. The number of aromatic carboxylic acids is 1. The number of carboxylic acids is 1. The highest BCUT2D eigenvalue weighted by atomic mass is 32.1.